The van der Waals surface area contributed by atoms with Gasteiger partial charge in [-0.3, -0.25) is 0 Å². The highest BCUT2D eigenvalue weighted by Crippen LogP contribution is 2.29. The second kappa shape index (κ2) is 7.72. The molecule has 0 amide bonds. The number of halogens is 1. The van der Waals surface area contributed by atoms with E-state index in [1.54, 1.807) is 0 Å². The SMILES string of the molecule is CCc1ccc(CC#CN(C)c2cccc3cccc(I)c23)cc1. The lowest BCUT2D eigenvalue weighted by molar-refractivity contribution is 1.13. The Labute approximate surface area is 157 Å². The standard InChI is InChI=1S/C22H20IN/c1-3-17-12-14-18(15-13-17)7-6-16-24(2)21-11-5-9-19-8-4-10-20(23)22(19)21/h4-5,8-15H,3,7H2,1-2H3. The van der Waals surface area contributed by atoms with Crippen molar-refractivity contribution in [3.8, 4) is 12.0 Å². The molecule has 0 aliphatic heterocycles. The third-order valence-electron chi connectivity index (χ3n) is 4.16. The molecule has 1 nitrogen and oxygen atoms in total. The van der Waals surface area contributed by atoms with Crippen LogP contribution in [0.4, 0.5) is 5.69 Å². The quantitative estimate of drug-likeness (QED) is 0.298. The van der Waals surface area contributed by atoms with Gasteiger partial charge in [-0.1, -0.05) is 61.4 Å². The fraction of sp³-hybridized carbons (Fsp3) is 0.182. The van der Waals surface area contributed by atoms with Crippen LogP contribution in [-0.2, 0) is 12.8 Å². The molecule has 0 unspecified atom stereocenters. The molecule has 3 aromatic rings. The van der Waals surface area contributed by atoms with Gasteiger partial charge in [0.2, 0.25) is 0 Å². The minimum absolute atomic E-state index is 0.774. The van der Waals surface area contributed by atoms with Crippen LogP contribution in [0.15, 0.2) is 60.7 Å². The van der Waals surface area contributed by atoms with Crippen LogP contribution in [0, 0.1) is 15.5 Å². The van der Waals surface area contributed by atoms with Gasteiger partial charge >= 0.3 is 0 Å². The molecule has 0 aliphatic rings. The Bertz CT molecular complexity index is 895. The number of aryl methyl sites for hydroxylation is 1. The largest absolute Gasteiger partial charge is 0.304 e. The summed E-state index contributed by atoms with van der Waals surface area (Å²) in [5.41, 5.74) is 3.79. The Hall–Kier alpha value is -1.99. The van der Waals surface area contributed by atoms with E-state index in [-0.39, 0.29) is 0 Å². The maximum absolute atomic E-state index is 3.30. The molecule has 0 aliphatic carbocycles. The third kappa shape index (κ3) is 3.73. The van der Waals surface area contributed by atoms with Crippen molar-refractivity contribution < 1.29 is 0 Å². The van der Waals surface area contributed by atoms with Gasteiger partial charge in [0.1, 0.15) is 0 Å². The number of anilines is 1. The van der Waals surface area contributed by atoms with E-state index in [2.05, 4.69) is 102 Å². The highest BCUT2D eigenvalue weighted by atomic mass is 127. The zero-order valence-electron chi connectivity index (χ0n) is 14.0. The Morgan fingerprint density at radius 3 is 2.29 bits per heavy atom. The first-order valence-corrected chi connectivity index (χ1v) is 9.24. The molecule has 2 heteroatoms. The molecule has 0 heterocycles. The molecule has 0 spiro atoms. The van der Waals surface area contributed by atoms with Gasteiger partial charge in [0.05, 0.1) is 5.69 Å². The molecule has 0 bridgehead atoms. The van der Waals surface area contributed by atoms with Crippen molar-refractivity contribution in [2.75, 3.05) is 11.9 Å². The van der Waals surface area contributed by atoms with E-state index in [0.29, 0.717) is 0 Å². The van der Waals surface area contributed by atoms with E-state index in [4.69, 9.17) is 0 Å². The van der Waals surface area contributed by atoms with Crippen LogP contribution in [-0.4, -0.2) is 7.05 Å². The highest BCUT2D eigenvalue weighted by molar-refractivity contribution is 14.1. The monoisotopic (exact) mass is 425 g/mol. The summed E-state index contributed by atoms with van der Waals surface area (Å²) in [7, 11) is 2.03. The van der Waals surface area contributed by atoms with Crippen molar-refractivity contribution >= 4 is 39.1 Å². The second-order valence-corrected chi connectivity index (χ2v) is 6.97. The zero-order chi connectivity index (χ0) is 16.9. The topological polar surface area (TPSA) is 3.24 Å². The van der Waals surface area contributed by atoms with E-state index in [1.807, 2.05) is 11.9 Å². The van der Waals surface area contributed by atoms with Gasteiger partial charge < -0.3 is 4.90 Å². The molecule has 3 aromatic carbocycles. The smallest absolute Gasteiger partial charge is 0.0574 e. The van der Waals surface area contributed by atoms with Crippen LogP contribution in [0.1, 0.15) is 18.1 Å². The van der Waals surface area contributed by atoms with Crippen molar-refractivity contribution in [3.63, 3.8) is 0 Å². The van der Waals surface area contributed by atoms with E-state index >= 15 is 0 Å². The van der Waals surface area contributed by atoms with Crippen LogP contribution >= 0.6 is 22.6 Å². The van der Waals surface area contributed by atoms with Crippen molar-refractivity contribution in [2.24, 2.45) is 0 Å². The van der Waals surface area contributed by atoms with E-state index in [9.17, 15) is 0 Å². The van der Waals surface area contributed by atoms with E-state index < -0.39 is 0 Å². The zero-order valence-corrected chi connectivity index (χ0v) is 16.2. The Balaban J connectivity index is 1.82. The van der Waals surface area contributed by atoms with Gasteiger partial charge in [-0.05, 0) is 57.7 Å². The minimum atomic E-state index is 0.774. The lowest BCUT2D eigenvalue weighted by Crippen LogP contribution is -2.09. The summed E-state index contributed by atoms with van der Waals surface area (Å²) in [5.74, 6) is 3.30. The summed E-state index contributed by atoms with van der Waals surface area (Å²) < 4.78 is 1.25. The number of nitrogens with zero attached hydrogens (tertiary/aromatic N) is 1. The Morgan fingerprint density at radius 2 is 1.58 bits per heavy atom. The summed E-state index contributed by atoms with van der Waals surface area (Å²) in [5, 5.41) is 2.52. The summed E-state index contributed by atoms with van der Waals surface area (Å²) in [6, 6.07) is 24.8. The molecule has 0 saturated carbocycles. The fourth-order valence-corrected chi connectivity index (χ4v) is 3.56. The normalized spacial score (nSPS) is 10.3. The van der Waals surface area contributed by atoms with Crippen LogP contribution in [0.3, 0.4) is 0 Å². The number of hydrogen-bond acceptors (Lipinski definition) is 1. The summed E-state index contributed by atoms with van der Waals surface area (Å²) in [6.07, 6.45) is 1.85. The molecule has 120 valence electrons. The van der Waals surface area contributed by atoms with E-state index in [0.717, 1.165) is 18.5 Å². The van der Waals surface area contributed by atoms with Crippen molar-refractivity contribution in [3.05, 3.63) is 75.4 Å². The lowest BCUT2D eigenvalue weighted by atomic mass is 10.1. The number of fused-ring (bicyclic) bond motifs is 1. The fourth-order valence-electron chi connectivity index (χ4n) is 2.77. The van der Waals surface area contributed by atoms with Crippen molar-refractivity contribution in [2.45, 2.75) is 19.8 Å². The maximum Gasteiger partial charge on any atom is 0.0574 e. The van der Waals surface area contributed by atoms with Crippen LogP contribution < -0.4 is 4.90 Å². The van der Waals surface area contributed by atoms with Gasteiger partial charge in [0, 0.05) is 28.5 Å². The summed E-state index contributed by atoms with van der Waals surface area (Å²) in [4.78, 5) is 2.03. The average Bonchev–Trinajstić information content (AvgIpc) is 2.62. The average molecular weight is 425 g/mol. The molecule has 0 N–H and O–H groups in total. The molecule has 0 saturated heterocycles. The van der Waals surface area contributed by atoms with Crippen LogP contribution in [0.5, 0.6) is 0 Å². The Morgan fingerprint density at radius 1 is 0.917 bits per heavy atom. The molecular weight excluding hydrogens is 405 g/mol. The predicted octanol–water partition coefficient (Wildman–Crippen LogP) is 5.65. The van der Waals surface area contributed by atoms with Gasteiger partial charge in [0.15, 0.2) is 0 Å². The van der Waals surface area contributed by atoms with Crippen molar-refractivity contribution in [1.82, 2.24) is 0 Å². The number of rotatable bonds is 3. The molecule has 0 aromatic heterocycles. The van der Waals surface area contributed by atoms with Crippen LogP contribution in [0.25, 0.3) is 10.8 Å². The molecule has 0 fully saturated rings. The summed E-state index contributed by atoms with van der Waals surface area (Å²) >= 11 is 2.40. The first-order chi connectivity index (χ1) is 11.7. The third-order valence-corrected chi connectivity index (χ3v) is 5.06. The van der Waals surface area contributed by atoms with Gasteiger partial charge in [0.25, 0.3) is 0 Å². The first kappa shape index (κ1) is 16.9. The van der Waals surface area contributed by atoms with Gasteiger partial charge in [-0.25, -0.2) is 0 Å². The van der Waals surface area contributed by atoms with Gasteiger partial charge in [-0.2, -0.15) is 0 Å². The molecular formula is C22H20IN. The Kier molecular flexibility index (Phi) is 5.42. The predicted molar refractivity (Wildman–Crippen MR) is 112 cm³/mol. The van der Waals surface area contributed by atoms with Crippen LogP contribution in [0.2, 0.25) is 0 Å². The maximum atomic E-state index is 3.30. The molecule has 0 radical (unpaired) electrons. The van der Waals surface area contributed by atoms with Crippen molar-refractivity contribution in [1.29, 1.82) is 0 Å². The number of hydrogen-bond donors (Lipinski definition) is 0. The van der Waals surface area contributed by atoms with E-state index in [1.165, 1.54) is 25.5 Å². The highest BCUT2D eigenvalue weighted by Gasteiger charge is 2.06. The second-order valence-electron chi connectivity index (χ2n) is 5.81. The lowest BCUT2D eigenvalue weighted by Gasteiger charge is -2.15. The summed E-state index contributed by atoms with van der Waals surface area (Å²) in [6.45, 7) is 2.18. The molecule has 0 atom stereocenters. The molecule has 24 heavy (non-hydrogen) atoms. The number of benzene rings is 3. The first-order valence-electron chi connectivity index (χ1n) is 8.16. The molecule has 3 rings (SSSR count). The van der Waals surface area contributed by atoms with Gasteiger partial charge in [-0.15, -0.1) is 0 Å². The minimum Gasteiger partial charge on any atom is -0.304 e.